The van der Waals surface area contributed by atoms with Crippen LogP contribution in [0.1, 0.15) is 41.3 Å². The summed E-state index contributed by atoms with van der Waals surface area (Å²) in [6, 6.07) is 28.1. The number of carbonyl (C=O) groups is 3. The molecule has 4 aromatic carbocycles. The van der Waals surface area contributed by atoms with Crippen molar-refractivity contribution in [2.24, 2.45) is 0 Å². The number of amides is 3. The molecule has 7 heteroatoms. The van der Waals surface area contributed by atoms with Crippen molar-refractivity contribution < 1.29 is 14.4 Å². The van der Waals surface area contributed by atoms with Gasteiger partial charge >= 0.3 is 0 Å². The van der Waals surface area contributed by atoms with Gasteiger partial charge in [-0.15, -0.1) is 0 Å². The van der Waals surface area contributed by atoms with E-state index in [1.807, 2.05) is 84.9 Å². The number of nitrogens with zero attached hydrogens (tertiary/aromatic N) is 2. The van der Waals surface area contributed by atoms with Crippen LogP contribution in [0.4, 0.5) is 5.69 Å². The predicted octanol–water partition coefficient (Wildman–Crippen LogP) is 6.12. The lowest BCUT2D eigenvalue weighted by molar-refractivity contribution is -0.140. The van der Waals surface area contributed by atoms with E-state index < -0.39 is 6.04 Å². The van der Waals surface area contributed by atoms with Crippen LogP contribution in [0.5, 0.6) is 0 Å². The fraction of sp³-hybridized carbons (Fsp3) is 0.242. The molecule has 4 aromatic rings. The summed E-state index contributed by atoms with van der Waals surface area (Å²) in [5.41, 5.74) is 3.17. The number of halogens is 1. The summed E-state index contributed by atoms with van der Waals surface area (Å²) in [4.78, 5) is 44.5. The summed E-state index contributed by atoms with van der Waals surface area (Å²) in [6.07, 6.45) is 2.17. The number of unbranched alkanes of at least 4 members (excludes halogenated alkanes) is 1. The molecule has 1 heterocycles. The monoisotopic (exact) mass is 597 g/mol. The lowest BCUT2D eigenvalue weighted by Crippen LogP contribution is -2.53. The molecular formula is C33H32BrN3O3. The van der Waals surface area contributed by atoms with Crippen LogP contribution in [0.15, 0.2) is 95.5 Å². The van der Waals surface area contributed by atoms with Crippen molar-refractivity contribution in [3.8, 4) is 0 Å². The second-order valence-electron chi connectivity index (χ2n) is 10.1. The summed E-state index contributed by atoms with van der Waals surface area (Å²) >= 11 is 3.53. The fourth-order valence-corrected chi connectivity index (χ4v) is 5.70. The normalized spacial score (nSPS) is 12.9. The van der Waals surface area contributed by atoms with E-state index in [-0.39, 0.29) is 30.8 Å². The number of nitrogens with one attached hydrogen (secondary N) is 1. The van der Waals surface area contributed by atoms with E-state index in [0.29, 0.717) is 18.5 Å². The minimum absolute atomic E-state index is 0.159. The molecule has 0 aliphatic carbocycles. The molecule has 5 rings (SSSR count). The number of carbonyl (C=O) groups excluding carboxylic acids is 3. The van der Waals surface area contributed by atoms with E-state index in [1.54, 1.807) is 15.9 Å². The van der Waals surface area contributed by atoms with Crippen molar-refractivity contribution in [2.75, 3.05) is 18.0 Å². The third kappa shape index (κ3) is 5.94. The molecular weight excluding hydrogens is 566 g/mol. The van der Waals surface area contributed by atoms with Gasteiger partial charge in [-0.25, -0.2) is 0 Å². The molecule has 204 valence electrons. The minimum atomic E-state index is -0.749. The first kappa shape index (κ1) is 27.6. The van der Waals surface area contributed by atoms with E-state index >= 15 is 0 Å². The topological polar surface area (TPSA) is 69.7 Å². The molecule has 0 spiro atoms. The lowest BCUT2D eigenvalue weighted by atomic mass is 10.0. The Bertz CT molecular complexity index is 1530. The van der Waals surface area contributed by atoms with E-state index in [9.17, 15) is 14.4 Å². The van der Waals surface area contributed by atoms with Gasteiger partial charge in [0.05, 0.1) is 5.69 Å². The Kier molecular flexibility index (Phi) is 8.60. The van der Waals surface area contributed by atoms with Gasteiger partial charge in [-0.05, 0) is 47.2 Å². The van der Waals surface area contributed by atoms with Crippen molar-refractivity contribution in [1.82, 2.24) is 10.2 Å². The Labute approximate surface area is 243 Å². The highest BCUT2D eigenvalue weighted by atomic mass is 79.9. The molecule has 1 aliphatic heterocycles. The Morgan fingerprint density at radius 1 is 0.925 bits per heavy atom. The predicted molar refractivity (Wildman–Crippen MR) is 162 cm³/mol. The van der Waals surface area contributed by atoms with Crippen LogP contribution < -0.4 is 10.2 Å². The van der Waals surface area contributed by atoms with Gasteiger partial charge in [-0.1, -0.05) is 96.0 Å². The summed E-state index contributed by atoms with van der Waals surface area (Å²) in [5, 5.41) is 4.87. The van der Waals surface area contributed by atoms with Gasteiger partial charge in [0, 0.05) is 34.9 Å². The van der Waals surface area contributed by atoms with Crippen molar-refractivity contribution in [2.45, 2.75) is 38.8 Å². The van der Waals surface area contributed by atoms with Crippen LogP contribution in [0.3, 0.4) is 0 Å². The quantitative estimate of drug-likeness (QED) is 0.212. The maximum atomic E-state index is 14.2. The second-order valence-corrected chi connectivity index (χ2v) is 11.0. The second kappa shape index (κ2) is 12.5. The molecule has 0 saturated carbocycles. The van der Waals surface area contributed by atoms with E-state index in [1.165, 1.54) is 0 Å². The van der Waals surface area contributed by atoms with Gasteiger partial charge in [-0.2, -0.15) is 0 Å². The third-order valence-corrected chi connectivity index (χ3v) is 7.78. The van der Waals surface area contributed by atoms with Gasteiger partial charge in [0.25, 0.3) is 5.91 Å². The first-order valence-electron chi connectivity index (χ1n) is 13.7. The number of rotatable bonds is 11. The number of benzene rings is 4. The average Bonchev–Trinajstić information content (AvgIpc) is 3.23. The zero-order valence-corrected chi connectivity index (χ0v) is 24.1. The maximum absolute atomic E-state index is 14.2. The van der Waals surface area contributed by atoms with Crippen LogP contribution in [-0.2, 0) is 22.6 Å². The van der Waals surface area contributed by atoms with Gasteiger partial charge in [0.15, 0.2) is 0 Å². The molecule has 0 bridgehead atoms. The first-order chi connectivity index (χ1) is 19.5. The number of hydrogen-bond acceptors (Lipinski definition) is 3. The molecule has 0 aromatic heterocycles. The molecule has 0 saturated heterocycles. The highest BCUT2D eigenvalue weighted by Gasteiger charge is 2.35. The first-order valence-corrected chi connectivity index (χ1v) is 14.4. The van der Waals surface area contributed by atoms with Crippen LogP contribution >= 0.6 is 15.9 Å². The van der Waals surface area contributed by atoms with Crippen LogP contribution in [0, 0.1) is 0 Å². The summed E-state index contributed by atoms with van der Waals surface area (Å²) in [6.45, 7) is 2.69. The molecule has 1 aliphatic rings. The molecule has 0 fully saturated rings. The molecule has 1 atom stereocenters. The van der Waals surface area contributed by atoms with Gasteiger partial charge in [0.2, 0.25) is 11.8 Å². The smallest absolute Gasteiger partial charge is 0.259 e. The lowest BCUT2D eigenvalue weighted by Gasteiger charge is -2.33. The standard InChI is InChI=1S/C33H32BrN3O3/c1-2-3-18-35-32(39)29(20-23-10-5-4-6-11-23)36(21-24-12-7-15-26(34)19-24)30(38)22-37-28-17-9-14-25-13-8-16-27(31(25)28)33(37)40/h4-17,19,29H,2-3,18,20-22H2,1H3,(H,35,39)/t29-/m0/s1. The van der Waals surface area contributed by atoms with Crippen molar-refractivity contribution >= 4 is 50.1 Å². The zero-order chi connectivity index (χ0) is 28.1. The van der Waals surface area contributed by atoms with Gasteiger partial charge in [-0.3, -0.25) is 19.3 Å². The molecule has 40 heavy (non-hydrogen) atoms. The largest absolute Gasteiger partial charge is 0.354 e. The van der Waals surface area contributed by atoms with E-state index in [2.05, 4.69) is 28.2 Å². The van der Waals surface area contributed by atoms with E-state index in [0.717, 1.165) is 44.9 Å². The molecule has 1 N–H and O–H groups in total. The number of anilines is 1. The minimum Gasteiger partial charge on any atom is -0.354 e. The van der Waals surface area contributed by atoms with Gasteiger partial charge in [0.1, 0.15) is 12.6 Å². The maximum Gasteiger partial charge on any atom is 0.259 e. The Hall–Kier alpha value is -3.97. The summed E-state index contributed by atoms with van der Waals surface area (Å²) in [7, 11) is 0. The van der Waals surface area contributed by atoms with Crippen LogP contribution in [0.25, 0.3) is 10.8 Å². The van der Waals surface area contributed by atoms with Crippen molar-refractivity contribution in [3.05, 3.63) is 112 Å². The zero-order valence-electron chi connectivity index (χ0n) is 22.5. The number of hydrogen-bond donors (Lipinski definition) is 1. The van der Waals surface area contributed by atoms with E-state index in [4.69, 9.17) is 0 Å². The fourth-order valence-electron chi connectivity index (χ4n) is 5.25. The highest BCUT2D eigenvalue weighted by Crippen LogP contribution is 2.37. The van der Waals surface area contributed by atoms with Crippen molar-refractivity contribution in [3.63, 3.8) is 0 Å². The molecule has 0 radical (unpaired) electrons. The Morgan fingerprint density at radius 2 is 1.65 bits per heavy atom. The molecule has 6 nitrogen and oxygen atoms in total. The average molecular weight is 599 g/mol. The molecule has 0 unspecified atom stereocenters. The highest BCUT2D eigenvalue weighted by molar-refractivity contribution is 9.10. The van der Waals surface area contributed by atoms with Crippen LogP contribution in [0.2, 0.25) is 0 Å². The van der Waals surface area contributed by atoms with Gasteiger partial charge < -0.3 is 10.2 Å². The Balaban J connectivity index is 1.49. The van der Waals surface area contributed by atoms with Crippen molar-refractivity contribution in [1.29, 1.82) is 0 Å². The molecule has 3 amide bonds. The third-order valence-electron chi connectivity index (χ3n) is 7.29. The SMILES string of the molecule is CCCCNC(=O)[C@H](Cc1ccccc1)N(Cc1cccc(Br)c1)C(=O)CN1C(=O)c2cccc3cccc1c23. The Morgan fingerprint density at radius 3 is 2.40 bits per heavy atom. The van der Waals surface area contributed by atoms with Crippen LogP contribution in [-0.4, -0.2) is 41.8 Å². The summed E-state index contributed by atoms with van der Waals surface area (Å²) < 4.78 is 0.890. The summed E-state index contributed by atoms with van der Waals surface area (Å²) in [5.74, 6) is -0.682.